The van der Waals surface area contributed by atoms with Crippen LogP contribution < -0.4 is 0 Å². The number of carboxylic acids is 1. The molecule has 0 aliphatic heterocycles. The van der Waals surface area contributed by atoms with Crippen LogP contribution in [0.4, 0.5) is 0 Å². The van der Waals surface area contributed by atoms with E-state index in [9.17, 15) is 9.59 Å². The van der Waals surface area contributed by atoms with Gasteiger partial charge in [0.25, 0.3) is 5.24 Å². The van der Waals surface area contributed by atoms with Crippen LogP contribution in [0.2, 0.25) is 0 Å². The van der Waals surface area contributed by atoms with Crippen molar-refractivity contribution in [2.75, 3.05) is 0 Å². The number of rotatable bonds is 2. The van der Waals surface area contributed by atoms with Gasteiger partial charge in [0.2, 0.25) is 9.23 Å². The molecular formula is C14H9Br2Cl3O4S. The Morgan fingerprint density at radius 1 is 0.833 bits per heavy atom. The fraction of sp³-hybridized carbons (Fsp3) is 0. The zero-order chi connectivity index (χ0) is 18.7. The lowest BCUT2D eigenvalue weighted by Gasteiger charge is -1.91. The molecule has 0 heterocycles. The lowest BCUT2D eigenvalue weighted by atomic mass is 10.2. The van der Waals surface area contributed by atoms with Gasteiger partial charge in [-0.2, -0.15) is 0 Å². The Bertz CT molecular complexity index is 635. The Morgan fingerprint density at radius 2 is 1.12 bits per heavy atom. The van der Waals surface area contributed by atoms with Gasteiger partial charge in [-0.15, -0.1) is 0 Å². The minimum atomic E-state index is -1.67. The SMILES string of the molecule is O=C(Cl)c1ccc(Br)cc1.O=C(O)c1ccc(Br)cc1.O=S(Cl)Cl. The van der Waals surface area contributed by atoms with E-state index in [1.807, 2.05) is 0 Å². The summed E-state index contributed by atoms with van der Waals surface area (Å²) in [5.74, 6) is -0.896. The maximum absolute atomic E-state index is 10.5. The molecule has 2 rings (SSSR count). The van der Waals surface area contributed by atoms with Gasteiger partial charge in [0.15, 0.2) is 0 Å². The molecule has 0 radical (unpaired) electrons. The van der Waals surface area contributed by atoms with Gasteiger partial charge >= 0.3 is 5.97 Å². The van der Waals surface area contributed by atoms with Crippen LogP contribution >= 0.6 is 64.8 Å². The zero-order valence-electron chi connectivity index (χ0n) is 11.6. The highest BCUT2D eigenvalue weighted by Crippen LogP contribution is 2.11. The van der Waals surface area contributed by atoms with E-state index in [0.717, 1.165) is 8.95 Å². The molecule has 0 spiro atoms. The zero-order valence-corrected chi connectivity index (χ0v) is 17.8. The van der Waals surface area contributed by atoms with E-state index in [2.05, 4.69) is 53.2 Å². The molecule has 0 atom stereocenters. The Morgan fingerprint density at radius 3 is 1.38 bits per heavy atom. The number of carbonyl (C=O) groups is 2. The summed E-state index contributed by atoms with van der Waals surface area (Å²) in [7, 11) is 7.36. The fourth-order valence-electron chi connectivity index (χ4n) is 1.17. The highest BCUT2D eigenvalue weighted by Gasteiger charge is 1.99. The molecule has 4 nitrogen and oxygen atoms in total. The third-order valence-electron chi connectivity index (χ3n) is 2.16. The van der Waals surface area contributed by atoms with Gasteiger partial charge in [-0.25, -0.2) is 9.00 Å². The number of carboxylic acid groups (broad SMARTS) is 1. The lowest BCUT2D eigenvalue weighted by molar-refractivity contribution is 0.0696. The third-order valence-corrected chi connectivity index (χ3v) is 3.44. The number of carbonyl (C=O) groups excluding carboxylic acids is 1. The number of benzene rings is 2. The van der Waals surface area contributed by atoms with Crippen LogP contribution in [0.25, 0.3) is 0 Å². The van der Waals surface area contributed by atoms with Gasteiger partial charge in [-0.05, 0) is 60.1 Å². The smallest absolute Gasteiger partial charge is 0.335 e. The van der Waals surface area contributed by atoms with Gasteiger partial charge in [-0.3, -0.25) is 4.79 Å². The Kier molecular flexibility index (Phi) is 12.6. The summed E-state index contributed by atoms with van der Waals surface area (Å²) in [5, 5.41) is 8.04. The van der Waals surface area contributed by atoms with Gasteiger partial charge in [-0.1, -0.05) is 31.9 Å². The van der Waals surface area contributed by atoms with Crippen molar-refractivity contribution in [1.29, 1.82) is 0 Å². The highest BCUT2D eigenvalue weighted by molar-refractivity contribution is 9.10. The molecule has 0 fully saturated rings. The molecule has 0 aliphatic carbocycles. The van der Waals surface area contributed by atoms with Crippen LogP contribution in [0.3, 0.4) is 0 Å². The van der Waals surface area contributed by atoms with Crippen LogP contribution in [0.1, 0.15) is 20.7 Å². The molecule has 0 aliphatic rings. The van der Waals surface area contributed by atoms with E-state index in [1.54, 1.807) is 48.5 Å². The van der Waals surface area contributed by atoms with E-state index in [1.165, 1.54) is 0 Å². The molecule has 2 aromatic rings. The van der Waals surface area contributed by atoms with E-state index in [4.69, 9.17) is 20.9 Å². The molecule has 0 amide bonds. The largest absolute Gasteiger partial charge is 0.478 e. The van der Waals surface area contributed by atoms with Crippen LogP contribution in [-0.4, -0.2) is 20.5 Å². The van der Waals surface area contributed by atoms with Crippen molar-refractivity contribution in [2.45, 2.75) is 0 Å². The number of hydrogen-bond acceptors (Lipinski definition) is 3. The maximum Gasteiger partial charge on any atom is 0.335 e. The molecule has 24 heavy (non-hydrogen) atoms. The summed E-state index contributed by atoms with van der Waals surface area (Å²) in [5.41, 5.74) is 0.827. The standard InChI is InChI=1S/C7H4BrClO.C7H5BrO2.Cl2OS/c2*8-6-3-1-5(2-4-6)7(9)10;1-4(2)3/h1-4H;1-4H,(H,9,10);. The number of halogens is 5. The van der Waals surface area contributed by atoms with Crippen molar-refractivity contribution < 1.29 is 18.9 Å². The van der Waals surface area contributed by atoms with Crippen LogP contribution in [0.5, 0.6) is 0 Å². The topological polar surface area (TPSA) is 71.4 Å². The first kappa shape index (κ1) is 23.6. The summed E-state index contributed by atoms with van der Waals surface area (Å²) in [6.45, 7) is 0. The minimum Gasteiger partial charge on any atom is -0.478 e. The number of aromatic carboxylic acids is 1. The third kappa shape index (κ3) is 12.0. The molecule has 0 bridgehead atoms. The predicted molar refractivity (Wildman–Crippen MR) is 105 cm³/mol. The first-order valence-corrected chi connectivity index (χ1v) is 10.6. The Hall–Kier alpha value is -0.440. The van der Waals surface area contributed by atoms with E-state index in [-0.39, 0.29) is 0 Å². The van der Waals surface area contributed by atoms with Gasteiger partial charge < -0.3 is 5.11 Å². The first-order valence-electron chi connectivity index (χ1n) is 5.82. The summed E-state index contributed by atoms with van der Waals surface area (Å²) in [6, 6.07) is 13.4. The van der Waals surface area contributed by atoms with Gasteiger partial charge in [0.05, 0.1) is 5.56 Å². The molecule has 130 valence electrons. The summed E-state index contributed by atoms with van der Waals surface area (Å²) < 4.78 is 10.9. The number of hydrogen-bond donors (Lipinski definition) is 1. The first-order chi connectivity index (χ1) is 11.1. The van der Waals surface area contributed by atoms with Crippen molar-refractivity contribution in [3.8, 4) is 0 Å². The minimum absolute atomic E-state index is 0.309. The molecule has 2 aromatic carbocycles. The molecule has 0 unspecified atom stereocenters. The second kappa shape index (κ2) is 12.9. The van der Waals surface area contributed by atoms with Crippen molar-refractivity contribution in [3.63, 3.8) is 0 Å². The van der Waals surface area contributed by atoms with Crippen LogP contribution in [0.15, 0.2) is 57.5 Å². The maximum atomic E-state index is 10.5. The summed E-state index contributed by atoms with van der Waals surface area (Å²) in [6.07, 6.45) is 0. The highest BCUT2D eigenvalue weighted by atomic mass is 79.9. The normalized spacial score (nSPS) is 9.25. The van der Waals surface area contributed by atoms with Crippen LogP contribution in [0, 0.1) is 0 Å². The summed E-state index contributed by atoms with van der Waals surface area (Å²) in [4.78, 5) is 20.8. The second-order valence-corrected chi connectivity index (χ2v) is 8.48. The molecule has 1 N–H and O–H groups in total. The lowest BCUT2D eigenvalue weighted by Crippen LogP contribution is -1.94. The van der Waals surface area contributed by atoms with Gasteiger partial charge in [0.1, 0.15) is 0 Å². The quantitative estimate of drug-likeness (QED) is 0.474. The molecule has 10 heteroatoms. The van der Waals surface area contributed by atoms with Gasteiger partial charge in [0, 0.05) is 35.9 Å². The molecule has 0 saturated heterocycles. The van der Waals surface area contributed by atoms with E-state index < -0.39 is 20.4 Å². The Balaban J connectivity index is 0.000000363. The van der Waals surface area contributed by atoms with Crippen molar-refractivity contribution in [1.82, 2.24) is 0 Å². The van der Waals surface area contributed by atoms with E-state index >= 15 is 0 Å². The van der Waals surface area contributed by atoms with Crippen molar-refractivity contribution >= 4 is 85.3 Å². The van der Waals surface area contributed by atoms with E-state index in [0.29, 0.717) is 11.1 Å². The molecular weight excluding hydrogens is 530 g/mol. The average molecular weight is 539 g/mol. The fourth-order valence-corrected chi connectivity index (χ4v) is 1.83. The second-order valence-electron chi connectivity index (χ2n) is 3.78. The van der Waals surface area contributed by atoms with Crippen LogP contribution in [-0.2, 0) is 9.23 Å². The average Bonchev–Trinajstić information content (AvgIpc) is 2.48. The van der Waals surface area contributed by atoms with Crippen molar-refractivity contribution in [3.05, 3.63) is 68.6 Å². The molecule has 0 saturated carbocycles. The monoisotopic (exact) mass is 536 g/mol. The molecule has 0 aromatic heterocycles. The summed E-state index contributed by atoms with van der Waals surface area (Å²) >= 11 is 11.6. The predicted octanol–water partition coefficient (Wildman–Crippen LogP) is 6.02. The van der Waals surface area contributed by atoms with Crippen molar-refractivity contribution in [2.24, 2.45) is 0 Å². The Labute approximate surface area is 171 Å².